The number of carbonyl (C=O) groups excluding carboxylic acids is 4. The molecule has 1 spiro atoms. The number of carbonyl (C=O) groups is 4. The molecule has 4 aromatic rings. The number of aromatic nitrogens is 4. The van der Waals surface area contributed by atoms with E-state index >= 15 is 8.78 Å². The van der Waals surface area contributed by atoms with Crippen LogP contribution in [0.15, 0.2) is 36.5 Å². The summed E-state index contributed by atoms with van der Waals surface area (Å²) in [5.74, 6) is -3.18. The summed E-state index contributed by atoms with van der Waals surface area (Å²) >= 11 is 6.52. The Labute approximate surface area is 379 Å². The molecular weight excluding hydrogens is 862 g/mol. The number of urea groups is 1. The van der Waals surface area contributed by atoms with Gasteiger partial charge in [-0.25, -0.2) is 28.1 Å². The first-order valence-electron chi connectivity index (χ1n) is 22.5. The maximum Gasteiger partial charge on any atom is 0.328 e. The maximum absolute atomic E-state index is 16.2. The summed E-state index contributed by atoms with van der Waals surface area (Å²) in [4.78, 5) is 69.3. The van der Waals surface area contributed by atoms with Crippen LogP contribution in [0.5, 0.6) is 0 Å². The van der Waals surface area contributed by atoms with E-state index in [0.29, 0.717) is 93.6 Å². The minimum Gasteiger partial charge on any atom is -0.385 e. The van der Waals surface area contributed by atoms with Gasteiger partial charge in [0.05, 0.1) is 53.0 Å². The number of aryl methyl sites for hydroxylation is 1. The summed E-state index contributed by atoms with van der Waals surface area (Å²) in [7, 11) is 3.45. The number of benzene rings is 1. The number of halogens is 3. The maximum atomic E-state index is 16.2. The van der Waals surface area contributed by atoms with Crippen molar-refractivity contribution in [1.82, 2.24) is 44.9 Å². The standard InChI is InChI=1S/C45H53ClF2N12O5/c1-26-39(46)33(59-16-11-38(61)53-43(59)64)19-31(51-26)42(63)56-17-12-44(13-18-56)23-57(24-44)36-10-14-55(25-45(36,47)48)22-27-5-4-6-32-28(27)9-15-58(32)37-20-30(49-2)40-50-21-34(60(40)54-37)41(62)52-29-7-8-35(29)65-3/h4-6,19-21,29,35-36,49H,7-18,22-25H2,1-3H3,(H,52,62)(H,53,61,64)/t29-,35-,36?/m1/s1. The molecule has 6 aliphatic rings. The molecule has 3 atom stereocenters. The predicted molar refractivity (Wildman–Crippen MR) is 238 cm³/mol. The number of hydrogen-bond acceptors (Lipinski definition) is 12. The van der Waals surface area contributed by atoms with E-state index in [4.69, 9.17) is 21.4 Å². The van der Waals surface area contributed by atoms with E-state index in [1.807, 2.05) is 34.1 Å². The SMILES string of the molecule is CNc1cc(N2CCc3c(CN4CCC(N5CC6(CCN(C(=O)c7cc(N8CCC(=O)NC8=O)c(Cl)c(C)n7)CC6)C5)C(F)(F)C4)cccc32)nn2c(C(=O)N[C@@H]3CC[C@H]3OC)cnc12. The molecule has 1 aliphatic carbocycles. The number of imidazole rings is 1. The molecule has 3 N–H and O–H groups in total. The number of rotatable bonds is 10. The minimum absolute atomic E-state index is 0.0104. The number of piperidine rings is 2. The average Bonchev–Trinajstić information content (AvgIpc) is 3.91. The van der Waals surface area contributed by atoms with E-state index < -0.39 is 18.0 Å². The number of fused-ring (bicyclic) bond motifs is 2. The highest BCUT2D eigenvalue weighted by Crippen LogP contribution is 2.46. The molecule has 10 rings (SSSR count). The second-order valence-corrected chi connectivity index (χ2v) is 18.8. The van der Waals surface area contributed by atoms with Crippen LogP contribution < -0.4 is 25.8 Å². The normalized spacial score (nSPS) is 24.2. The van der Waals surface area contributed by atoms with Crippen LogP contribution in [0, 0.1) is 12.3 Å². The molecule has 17 nitrogen and oxygen atoms in total. The fourth-order valence-electron chi connectivity index (χ4n) is 10.7. The van der Waals surface area contributed by atoms with Crippen LogP contribution in [0.1, 0.15) is 76.3 Å². The molecule has 1 aromatic carbocycles. The molecule has 0 bridgehead atoms. The van der Waals surface area contributed by atoms with Crippen LogP contribution in [-0.4, -0.2) is 149 Å². The van der Waals surface area contributed by atoms with Crippen molar-refractivity contribution in [3.05, 3.63) is 69.8 Å². The second-order valence-electron chi connectivity index (χ2n) is 18.4. The Kier molecular flexibility index (Phi) is 11.2. The summed E-state index contributed by atoms with van der Waals surface area (Å²) in [5.41, 5.74) is 5.43. The molecule has 1 saturated carbocycles. The molecule has 65 heavy (non-hydrogen) atoms. The number of methoxy groups -OCH3 is 1. The van der Waals surface area contributed by atoms with Gasteiger partial charge in [0.1, 0.15) is 5.69 Å². The van der Waals surface area contributed by atoms with Gasteiger partial charge in [-0.3, -0.25) is 34.4 Å². The number of nitrogens with zero attached hydrogens (tertiary/aromatic N) is 9. The van der Waals surface area contributed by atoms with E-state index in [1.54, 1.807) is 30.5 Å². The first kappa shape index (κ1) is 43.4. The Bertz CT molecular complexity index is 2580. The number of amides is 5. The number of nitrogens with one attached hydrogen (secondary N) is 3. The van der Waals surface area contributed by atoms with Crippen LogP contribution >= 0.6 is 11.6 Å². The number of likely N-dealkylation sites (tertiary alicyclic amines) is 3. The molecule has 0 radical (unpaired) electrons. The van der Waals surface area contributed by atoms with Gasteiger partial charge in [0, 0.05) is 84.7 Å². The number of ether oxygens (including phenoxy) is 1. The molecule has 1 unspecified atom stereocenters. The van der Waals surface area contributed by atoms with Crippen molar-refractivity contribution in [1.29, 1.82) is 0 Å². The predicted octanol–water partition coefficient (Wildman–Crippen LogP) is 4.62. The quantitative estimate of drug-likeness (QED) is 0.202. The largest absolute Gasteiger partial charge is 0.385 e. The van der Waals surface area contributed by atoms with Crippen LogP contribution in [0.2, 0.25) is 5.02 Å². The summed E-state index contributed by atoms with van der Waals surface area (Å²) in [6.07, 6.45) is 5.85. The molecule has 5 amide bonds. The lowest BCUT2D eigenvalue weighted by Gasteiger charge is -2.58. The van der Waals surface area contributed by atoms with Gasteiger partial charge in [-0.05, 0) is 74.1 Å². The van der Waals surface area contributed by atoms with Crippen LogP contribution in [0.3, 0.4) is 0 Å². The zero-order valence-electron chi connectivity index (χ0n) is 36.7. The third kappa shape index (κ3) is 7.82. The first-order valence-corrected chi connectivity index (χ1v) is 22.8. The van der Waals surface area contributed by atoms with Gasteiger partial charge < -0.3 is 25.2 Å². The second kappa shape index (κ2) is 16.7. The highest BCUT2D eigenvalue weighted by atomic mass is 35.5. The van der Waals surface area contributed by atoms with Crippen molar-refractivity contribution in [2.75, 3.05) is 81.6 Å². The number of anilines is 4. The Morgan fingerprint density at radius 1 is 0.985 bits per heavy atom. The number of alkyl halides is 2. The van der Waals surface area contributed by atoms with Crippen molar-refractivity contribution in [2.24, 2.45) is 5.41 Å². The average molecular weight is 915 g/mol. The highest BCUT2D eigenvalue weighted by molar-refractivity contribution is 6.34. The summed E-state index contributed by atoms with van der Waals surface area (Å²) < 4.78 is 39.4. The zero-order valence-corrected chi connectivity index (χ0v) is 37.5. The van der Waals surface area contributed by atoms with Gasteiger partial charge in [-0.2, -0.15) is 0 Å². The van der Waals surface area contributed by atoms with Crippen LogP contribution in [0.4, 0.5) is 36.5 Å². The van der Waals surface area contributed by atoms with E-state index in [-0.39, 0.29) is 65.5 Å². The number of imide groups is 1. The summed E-state index contributed by atoms with van der Waals surface area (Å²) in [6.45, 7) is 5.15. The monoisotopic (exact) mass is 914 g/mol. The molecular formula is C45H53ClF2N12O5. The van der Waals surface area contributed by atoms with Crippen molar-refractivity contribution < 1.29 is 32.7 Å². The van der Waals surface area contributed by atoms with E-state index in [2.05, 4.69) is 30.8 Å². The van der Waals surface area contributed by atoms with Gasteiger partial charge in [-0.1, -0.05) is 23.7 Å². The molecule has 20 heteroatoms. The molecule has 8 heterocycles. The van der Waals surface area contributed by atoms with Gasteiger partial charge >= 0.3 is 6.03 Å². The lowest BCUT2D eigenvalue weighted by atomic mass is 9.70. The smallest absolute Gasteiger partial charge is 0.328 e. The molecule has 5 fully saturated rings. The van der Waals surface area contributed by atoms with Gasteiger partial charge in [0.15, 0.2) is 17.2 Å². The van der Waals surface area contributed by atoms with Gasteiger partial charge in [0.2, 0.25) is 5.91 Å². The number of hydrogen-bond donors (Lipinski definition) is 3. The Morgan fingerprint density at radius 2 is 1.77 bits per heavy atom. The molecule has 5 aliphatic heterocycles. The topological polar surface area (TPSA) is 173 Å². The Morgan fingerprint density at radius 3 is 2.48 bits per heavy atom. The molecule has 4 saturated heterocycles. The summed E-state index contributed by atoms with van der Waals surface area (Å²) in [6, 6.07) is 7.95. The third-order valence-electron chi connectivity index (χ3n) is 14.5. The molecule has 344 valence electrons. The van der Waals surface area contributed by atoms with E-state index in [0.717, 1.165) is 41.8 Å². The Balaban J connectivity index is 0.757. The fraction of sp³-hybridized carbons (Fsp3) is 0.533. The Hall–Kier alpha value is -5.50. The minimum atomic E-state index is -2.91. The van der Waals surface area contributed by atoms with Crippen molar-refractivity contribution in [3.8, 4) is 0 Å². The van der Waals surface area contributed by atoms with Crippen LogP contribution in [0.25, 0.3) is 5.65 Å². The fourth-order valence-corrected chi connectivity index (χ4v) is 10.9. The van der Waals surface area contributed by atoms with Crippen molar-refractivity contribution in [3.63, 3.8) is 0 Å². The third-order valence-corrected chi connectivity index (χ3v) is 15.0. The van der Waals surface area contributed by atoms with Crippen molar-refractivity contribution in [2.45, 2.75) is 82.5 Å². The zero-order chi connectivity index (χ0) is 45.4. The van der Waals surface area contributed by atoms with Crippen LogP contribution in [-0.2, 0) is 22.5 Å². The molecule has 3 aromatic heterocycles. The lowest BCUT2D eigenvalue weighted by Crippen LogP contribution is -2.68. The highest BCUT2D eigenvalue weighted by Gasteiger charge is 2.55. The summed E-state index contributed by atoms with van der Waals surface area (Å²) in [5, 5.41) is 13.7. The van der Waals surface area contributed by atoms with Gasteiger partial charge in [0.25, 0.3) is 17.7 Å². The van der Waals surface area contributed by atoms with Crippen molar-refractivity contribution >= 4 is 63.9 Å². The number of pyridine rings is 1. The van der Waals surface area contributed by atoms with E-state index in [1.165, 1.54) is 17.2 Å². The van der Waals surface area contributed by atoms with Gasteiger partial charge in [-0.15, -0.1) is 5.10 Å². The first-order chi connectivity index (χ1) is 31.2. The lowest BCUT2D eigenvalue weighted by molar-refractivity contribution is -0.174. The van der Waals surface area contributed by atoms with E-state index in [9.17, 15) is 19.2 Å².